The van der Waals surface area contributed by atoms with Crippen molar-refractivity contribution in [2.75, 3.05) is 0 Å². The third-order valence-electron chi connectivity index (χ3n) is 3.82. The van der Waals surface area contributed by atoms with E-state index in [1.165, 1.54) is 24.1 Å². The lowest BCUT2D eigenvalue weighted by Crippen LogP contribution is -2.24. The maximum atomic E-state index is 4.80. The zero-order valence-electron chi connectivity index (χ0n) is 13.4. The molecular formula is C17H28N2. The summed E-state index contributed by atoms with van der Waals surface area (Å²) >= 11 is 0. The second-order valence-electron chi connectivity index (χ2n) is 8.29. The van der Waals surface area contributed by atoms with E-state index < -0.39 is 0 Å². The zero-order valence-corrected chi connectivity index (χ0v) is 13.4. The molecule has 2 nitrogen and oxygen atoms in total. The van der Waals surface area contributed by atoms with Crippen LogP contribution in [0.15, 0.2) is 6.20 Å². The van der Waals surface area contributed by atoms with Crippen molar-refractivity contribution in [3.05, 3.63) is 23.3 Å². The van der Waals surface area contributed by atoms with E-state index in [9.17, 15) is 0 Å². The van der Waals surface area contributed by atoms with Crippen LogP contribution in [0.2, 0.25) is 0 Å². The van der Waals surface area contributed by atoms with Gasteiger partial charge in [0.2, 0.25) is 0 Å². The van der Waals surface area contributed by atoms with Crippen LogP contribution in [0.3, 0.4) is 0 Å². The number of hydrogen-bond acceptors (Lipinski definition) is 2. The fourth-order valence-corrected chi connectivity index (χ4v) is 2.98. The van der Waals surface area contributed by atoms with Crippen LogP contribution in [-0.2, 0) is 18.3 Å². The van der Waals surface area contributed by atoms with Crippen LogP contribution in [0, 0.1) is 11.3 Å². The summed E-state index contributed by atoms with van der Waals surface area (Å²) in [7, 11) is 0. The van der Waals surface area contributed by atoms with Gasteiger partial charge in [-0.1, -0.05) is 41.5 Å². The molecule has 0 amide bonds. The third kappa shape index (κ3) is 3.77. The van der Waals surface area contributed by atoms with Crippen LogP contribution in [0.5, 0.6) is 0 Å². The second kappa shape index (κ2) is 4.88. The summed E-state index contributed by atoms with van der Waals surface area (Å²) in [6.45, 7) is 13.5. The molecule has 0 N–H and O–H groups in total. The first-order valence-corrected chi connectivity index (χ1v) is 7.50. The van der Waals surface area contributed by atoms with Gasteiger partial charge in [-0.25, -0.2) is 9.97 Å². The van der Waals surface area contributed by atoms with E-state index in [-0.39, 0.29) is 5.41 Å². The molecule has 1 unspecified atom stereocenters. The predicted octanol–water partition coefficient (Wildman–Crippen LogP) is 4.32. The normalized spacial score (nSPS) is 20.2. The monoisotopic (exact) mass is 260 g/mol. The average molecular weight is 260 g/mol. The van der Waals surface area contributed by atoms with E-state index >= 15 is 0 Å². The lowest BCUT2D eigenvalue weighted by molar-refractivity contribution is 0.272. The maximum absolute atomic E-state index is 4.80. The number of nitrogens with zero attached hydrogens (tertiary/aromatic N) is 2. The van der Waals surface area contributed by atoms with Crippen molar-refractivity contribution in [1.82, 2.24) is 9.97 Å². The summed E-state index contributed by atoms with van der Waals surface area (Å²) in [6, 6.07) is 0. The molecule has 1 heterocycles. The van der Waals surface area contributed by atoms with Gasteiger partial charge in [-0.15, -0.1) is 0 Å². The lowest BCUT2D eigenvalue weighted by atomic mass is 9.77. The molecule has 2 heteroatoms. The highest BCUT2D eigenvalue weighted by molar-refractivity contribution is 5.23. The molecule has 0 saturated carbocycles. The summed E-state index contributed by atoms with van der Waals surface area (Å²) in [6.07, 6.45) is 6.95. The molecule has 1 atom stereocenters. The molecular weight excluding hydrogens is 232 g/mol. The molecule has 1 aromatic rings. The van der Waals surface area contributed by atoms with Crippen molar-refractivity contribution in [2.24, 2.45) is 11.3 Å². The molecule has 0 fully saturated rings. The van der Waals surface area contributed by atoms with Crippen molar-refractivity contribution in [2.45, 2.75) is 72.6 Å². The van der Waals surface area contributed by atoms with Crippen molar-refractivity contribution in [1.29, 1.82) is 0 Å². The standard InChI is InChI=1S/C17H28N2/c1-16(2,3)10-12-7-8-14-13(9-12)11-18-15(19-14)17(4,5)6/h11-12H,7-10H2,1-6H3. The van der Waals surface area contributed by atoms with Crippen LogP contribution in [0.25, 0.3) is 0 Å². The van der Waals surface area contributed by atoms with Crippen molar-refractivity contribution in [3.63, 3.8) is 0 Å². The number of aryl methyl sites for hydroxylation is 1. The SMILES string of the molecule is CC(C)(C)CC1CCc2nc(C(C)(C)C)ncc2C1. The fourth-order valence-electron chi connectivity index (χ4n) is 2.98. The molecule has 0 spiro atoms. The minimum absolute atomic E-state index is 0.0529. The highest BCUT2D eigenvalue weighted by Gasteiger charge is 2.26. The molecule has 0 bridgehead atoms. The Morgan fingerprint density at radius 2 is 1.84 bits per heavy atom. The zero-order chi connectivity index (χ0) is 14.3. The molecule has 106 valence electrons. The van der Waals surface area contributed by atoms with Gasteiger partial charge in [0.1, 0.15) is 5.82 Å². The first-order valence-electron chi connectivity index (χ1n) is 7.50. The Hall–Kier alpha value is -0.920. The van der Waals surface area contributed by atoms with Crippen LogP contribution in [-0.4, -0.2) is 9.97 Å². The second-order valence-corrected chi connectivity index (χ2v) is 8.29. The molecule has 0 saturated heterocycles. The molecule has 0 aromatic carbocycles. The number of hydrogen-bond donors (Lipinski definition) is 0. The number of rotatable bonds is 1. The van der Waals surface area contributed by atoms with Gasteiger partial charge in [0.05, 0.1) is 0 Å². The van der Waals surface area contributed by atoms with E-state index in [0.29, 0.717) is 5.41 Å². The van der Waals surface area contributed by atoms with E-state index in [0.717, 1.165) is 24.6 Å². The Labute approximate surface area is 118 Å². The van der Waals surface area contributed by atoms with E-state index in [1.54, 1.807) is 0 Å². The van der Waals surface area contributed by atoms with Crippen LogP contribution in [0.4, 0.5) is 0 Å². The van der Waals surface area contributed by atoms with Crippen molar-refractivity contribution < 1.29 is 0 Å². The third-order valence-corrected chi connectivity index (χ3v) is 3.82. The average Bonchev–Trinajstić information content (AvgIpc) is 2.24. The maximum Gasteiger partial charge on any atom is 0.133 e. The Morgan fingerprint density at radius 1 is 1.16 bits per heavy atom. The Morgan fingerprint density at radius 3 is 2.42 bits per heavy atom. The summed E-state index contributed by atoms with van der Waals surface area (Å²) in [5.74, 6) is 1.79. The highest BCUT2D eigenvalue weighted by atomic mass is 14.9. The highest BCUT2D eigenvalue weighted by Crippen LogP contribution is 2.33. The molecule has 1 aromatic heterocycles. The minimum Gasteiger partial charge on any atom is -0.241 e. The molecule has 2 rings (SSSR count). The van der Waals surface area contributed by atoms with Crippen LogP contribution < -0.4 is 0 Å². The minimum atomic E-state index is 0.0529. The van der Waals surface area contributed by atoms with E-state index in [4.69, 9.17) is 4.98 Å². The predicted molar refractivity (Wildman–Crippen MR) is 80.3 cm³/mol. The molecule has 1 aliphatic rings. The Kier molecular flexibility index (Phi) is 3.72. The van der Waals surface area contributed by atoms with Crippen LogP contribution >= 0.6 is 0 Å². The number of aromatic nitrogens is 2. The number of fused-ring (bicyclic) bond motifs is 1. The molecule has 0 aliphatic heterocycles. The van der Waals surface area contributed by atoms with Gasteiger partial charge >= 0.3 is 0 Å². The summed E-state index contributed by atoms with van der Waals surface area (Å²) in [5.41, 5.74) is 3.16. The van der Waals surface area contributed by atoms with Gasteiger partial charge in [-0.05, 0) is 42.6 Å². The molecule has 0 radical (unpaired) electrons. The summed E-state index contributed by atoms with van der Waals surface area (Å²) in [4.78, 5) is 9.39. The van der Waals surface area contributed by atoms with Gasteiger partial charge < -0.3 is 0 Å². The fraction of sp³-hybridized carbons (Fsp3) is 0.765. The van der Waals surface area contributed by atoms with Gasteiger partial charge in [0.25, 0.3) is 0 Å². The van der Waals surface area contributed by atoms with Gasteiger partial charge in [0.15, 0.2) is 0 Å². The van der Waals surface area contributed by atoms with Crippen molar-refractivity contribution in [3.8, 4) is 0 Å². The molecule has 19 heavy (non-hydrogen) atoms. The quantitative estimate of drug-likeness (QED) is 0.751. The summed E-state index contributed by atoms with van der Waals surface area (Å²) in [5, 5.41) is 0. The Balaban J connectivity index is 2.15. The smallest absolute Gasteiger partial charge is 0.133 e. The summed E-state index contributed by atoms with van der Waals surface area (Å²) < 4.78 is 0. The van der Waals surface area contributed by atoms with Gasteiger partial charge in [0, 0.05) is 17.3 Å². The van der Waals surface area contributed by atoms with Gasteiger partial charge in [-0.3, -0.25) is 0 Å². The lowest BCUT2D eigenvalue weighted by Gasteiger charge is -2.30. The van der Waals surface area contributed by atoms with E-state index in [1.807, 2.05) is 0 Å². The topological polar surface area (TPSA) is 25.8 Å². The first kappa shape index (κ1) is 14.5. The molecule has 1 aliphatic carbocycles. The van der Waals surface area contributed by atoms with E-state index in [2.05, 4.69) is 52.7 Å². The Bertz CT molecular complexity index is 449. The van der Waals surface area contributed by atoms with Crippen molar-refractivity contribution >= 4 is 0 Å². The first-order chi connectivity index (χ1) is 8.65. The largest absolute Gasteiger partial charge is 0.241 e. The van der Waals surface area contributed by atoms with Crippen LogP contribution in [0.1, 0.15) is 71.5 Å². The van der Waals surface area contributed by atoms with Gasteiger partial charge in [-0.2, -0.15) is 0 Å².